The Labute approximate surface area is 434 Å². The van der Waals surface area contributed by atoms with Crippen molar-refractivity contribution in [1.29, 1.82) is 0 Å². The van der Waals surface area contributed by atoms with E-state index in [0.29, 0.717) is 23.9 Å². The molecule has 0 aliphatic carbocycles. The number of hydrogen-bond acceptors (Lipinski definition) is 8. The summed E-state index contributed by atoms with van der Waals surface area (Å²) in [4.78, 5) is 37.2. The molecule has 0 aromatic heterocycles. The number of hydrogen-bond donors (Lipinski definition) is 0. The molecule has 9 nitrogen and oxygen atoms in total. The van der Waals surface area contributed by atoms with Crippen molar-refractivity contribution in [3.63, 3.8) is 0 Å². The average Bonchev–Trinajstić information content (AvgIpc) is 3.33. The molecule has 0 saturated heterocycles. The minimum absolute atomic E-state index is 0.149. The van der Waals surface area contributed by atoms with Crippen molar-refractivity contribution in [2.24, 2.45) is 0 Å². The summed E-state index contributed by atoms with van der Waals surface area (Å²) in [5, 5.41) is 11.7. The Bertz CT molecular complexity index is 1150. The Morgan fingerprint density at radius 1 is 0.414 bits per heavy atom. The van der Waals surface area contributed by atoms with Crippen molar-refractivity contribution in [2.75, 3.05) is 47.5 Å². The van der Waals surface area contributed by atoms with Crippen LogP contribution >= 0.6 is 0 Å². The minimum atomic E-state index is -1.62. The van der Waals surface area contributed by atoms with Gasteiger partial charge in [0.1, 0.15) is 13.2 Å². The molecule has 0 saturated carbocycles. The number of rotatable bonds is 57. The monoisotopic (exact) mass is 992 g/mol. The van der Waals surface area contributed by atoms with Crippen molar-refractivity contribution in [1.82, 2.24) is 0 Å². The fourth-order valence-corrected chi connectivity index (χ4v) is 9.06. The lowest BCUT2D eigenvalue weighted by Gasteiger charge is -2.26. The Hall–Kier alpha value is -1.97. The Morgan fingerprint density at radius 3 is 1.09 bits per heavy atom. The highest BCUT2D eigenvalue weighted by Crippen LogP contribution is 2.18. The van der Waals surface area contributed by atoms with E-state index in [1.807, 2.05) is 21.1 Å². The maximum Gasteiger partial charge on any atom is 0.306 e. The summed E-state index contributed by atoms with van der Waals surface area (Å²) in [5.41, 5.74) is 0. The molecular formula is C61H117NO8. The molecule has 0 aromatic carbocycles. The summed E-state index contributed by atoms with van der Waals surface area (Å²) in [5.74, 6) is -2.28. The molecule has 0 radical (unpaired) electrons. The van der Waals surface area contributed by atoms with Crippen LogP contribution in [-0.2, 0) is 33.3 Å². The molecule has 0 fully saturated rings. The van der Waals surface area contributed by atoms with Gasteiger partial charge in [0.05, 0.1) is 40.3 Å². The Kier molecular flexibility index (Phi) is 51.8. The molecular weight excluding hydrogens is 875 g/mol. The van der Waals surface area contributed by atoms with E-state index >= 15 is 0 Å². The van der Waals surface area contributed by atoms with Crippen LogP contribution in [0, 0.1) is 0 Å². The predicted molar refractivity (Wildman–Crippen MR) is 293 cm³/mol. The van der Waals surface area contributed by atoms with Gasteiger partial charge in [-0.2, -0.15) is 0 Å². The molecule has 0 aromatic rings. The molecule has 0 aliphatic rings. The van der Waals surface area contributed by atoms with E-state index in [1.165, 1.54) is 218 Å². The quantitative estimate of drug-likeness (QED) is 0.0195. The highest BCUT2D eigenvalue weighted by atomic mass is 16.7. The number of carboxylic acids is 1. The Morgan fingerprint density at radius 2 is 0.729 bits per heavy atom. The zero-order valence-corrected chi connectivity index (χ0v) is 47.2. The van der Waals surface area contributed by atoms with E-state index < -0.39 is 24.3 Å². The standard InChI is InChI=1S/C61H117NO8/c1-6-8-10-12-14-16-18-20-21-22-23-24-25-26-27-28-29-30-31-32-33-34-35-36-37-38-39-40-42-43-45-47-49-51-58(63)68-55-57(56-69-61(60(65)66)67-54-53-62(3,4)5)70-59(64)52-50-48-46-44-41-19-17-15-13-11-9-7-2/h15,17,57,61H,6-14,16,18-56H2,1-5H3/b17-15-. The summed E-state index contributed by atoms with van der Waals surface area (Å²) in [6, 6.07) is 0. The summed E-state index contributed by atoms with van der Waals surface area (Å²) >= 11 is 0. The van der Waals surface area contributed by atoms with Gasteiger partial charge in [-0.1, -0.05) is 264 Å². The van der Waals surface area contributed by atoms with Crippen LogP contribution in [0.5, 0.6) is 0 Å². The number of quaternary nitrogens is 1. The first-order valence-electron chi connectivity index (χ1n) is 30.3. The maximum atomic E-state index is 12.8. The third-order valence-corrected chi connectivity index (χ3v) is 13.8. The van der Waals surface area contributed by atoms with Crippen LogP contribution in [0.2, 0.25) is 0 Å². The first-order valence-corrected chi connectivity index (χ1v) is 30.3. The summed E-state index contributed by atoms with van der Waals surface area (Å²) < 4.78 is 22.7. The number of allylic oxidation sites excluding steroid dienone is 2. The number of ether oxygens (including phenoxy) is 4. The average molecular weight is 993 g/mol. The second kappa shape index (κ2) is 53.3. The molecule has 0 amide bonds. The van der Waals surface area contributed by atoms with Crippen molar-refractivity contribution in [3.05, 3.63) is 12.2 Å². The van der Waals surface area contributed by atoms with Crippen molar-refractivity contribution >= 4 is 17.9 Å². The molecule has 2 atom stereocenters. The number of carbonyl (C=O) groups is 3. The molecule has 0 heterocycles. The fourth-order valence-electron chi connectivity index (χ4n) is 9.06. The van der Waals surface area contributed by atoms with Crippen molar-refractivity contribution in [3.8, 4) is 0 Å². The number of likely N-dealkylation sites (N-methyl/N-ethyl adjacent to an activating group) is 1. The molecule has 0 aliphatic heterocycles. The molecule has 70 heavy (non-hydrogen) atoms. The minimum Gasteiger partial charge on any atom is -0.545 e. The first-order chi connectivity index (χ1) is 34.1. The highest BCUT2D eigenvalue weighted by Gasteiger charge is 2.22. The molecule has 0 spiro atoms. The van der Waals surface area contributed by atoms with Gasteiger partial charge in [0.15, 0.2) is 12.4 Å². The lowest BCUT2D eigenvalue weighted by atomic mass is 10.0. The van der Waals surface area contributed by atoms with Crippen LogP contribution in [0.15, 0.2) is 12.2 Å². The largest absolute Gasteiger partial charge is 0.545 e. The van der Waals surface area contributed by atoms with Gasteiger partial charge >= 0.3 is 11.9 Å². The molecule has 2 unspecified atom stereocenters. The van der Waals surface area contributed by atoms with Gasteiger partial charge < -0.3 is 33.3 Å². The zero-order valence-electron chi connectivity index (χ0n) is 47.2. The maximum absolute atomic E-state index is 12.8. The van der Waals surface area contributed by atoms with Crippen LogP contribution in [0.3, 0.4) is 0 Å². The van der Waals surface area contributed by atoms with Crippen LogP contribution < -0.4 is 5.11 Å². The topological polar surface area (TPSA) is 111 Å². The van der Waals surface area contributed by atoms with E-state index in [4.69, 9.17) is 18.9 Å². The number of carbonyl (C=O) groups excluding carboxylic acids is 3. The number of esters is 2. The fraction of sp³-hybridized carbons (Fsp3) is 0.918. The van der Waals surface area contributed by atoms with Crippen LogP contribution in [0.4, 0.5) is 0 Å². The van der Waals surface area contributed by atoms with Gasteiger partial charge in [-0.15, -0.1) is 0 Å². The summed E-state index contributed by atoms with van der Waals surface area (Å²) in [6.45, 7) is 4.76. The molecule has 0 bridgehead atoms. The highest BCUT2D eigenvalue weighted by molar-refractivity contribution is 5.70. The molecule has 9 heteroatoms. The van der Waals surface area contributed by atoms with Gasteiger partial charge in [-0.3, -0.25) is 9.59 Å². The van der Waals surface area contributed by atoms with Gasteiger partial charge in [-0.25, -0.2) is 0 Å². The van der Waals surface area contributed by atoms with Gasteiger partial charge in [0.2, 0.25) is 0 Å². The predicted octanol–water partition coefficient (Wildman–Crippen LogP) is 16.4. The number of carboxylic acid groups (broad SMARTS) is 1. The first kappa shape index (κ1) is 68.0. The normalized spacial score (nSPS) is 12.8. The van der Waals surface area contributed by atoms with E-state index in [1.54, 1.807) is 0 Å². The van der Waals surface area contributed by atoms with Gasteiger partial charge in [0.25, 0.3) is 0 Å². The molecule has 0 N–H and O–H groups in total. The van der Waals surface area contributed by atoms with Crippen molar-refractivity contribution in [2.45, 2.75) is 315 Å². The lowest BCUT2D eigenvalue weighted by Crippen LogP contribution is -2.44. The summed E-state index contributed by atoms with van der Waals surface area (Å²) in [6.07, 6.45) is 58.7. The van der Waals surface area contributed by atoms with Gasteiger partial charge in [0, 0.05) is 12.8 Å². The van der Waals surface area contributed by atoms with E-state index in [0.717, 1.165) is 51.4 Å². The van der Waals surface area contributed by atoms with Crippen LogP contribution in [0.1, 0.15) is 303 Å². The van der Waals surface area contributed by atoms with E-state index in [2.05, 4.69) is 26.0 Å². The number of aliphatic carboxylic acids is 1. The second-order valence-corrected chi connectivity index (χ2v) is 22.0. The van der Waals surface area contributed by atoms with Crippen LogP contribution in [0.25, 0.3) is 0 Å². The second-order valence-electron chi connectivity index (χ2n) is 22.0. The summed E-state index contributed by atoms with van der Waals surface area (Å²) in [7, 11) is 5.92. The van der Waals surface area contributed by atoms with E-state index in [-0.39, 0.29) is 32.2 Å². The van der Waals surface area contributed by atoms with E-state index in [9.17, 15) is 19.5 Å². The molecule has 414 valence electrons. The molecule has 0 rings (SSSR count). The van der Waals surface area contributed by atoms with Crippen molar-refractivity contribution < 1.29 is 42.9 Å². The SMILES string of the molecule is CCCCC/C=C\CCCCCCCC(=O)OC(COC(=O)CCCCCCCCCCCCCCCCCCCCCCCCCCCCCCCCCCC)COC(OCC[N+](C)(C)C)C(=O)[O-]. The third kappa shape index (κ3) is 53.8. The zero-order chi connectivity index (χ0) is 51.3. The smallest absolute Gasteiger partial charge is 0.306 e. The lowest BCUT2D eigenvalue weighted by molar-refractivity contribution is -0.870. The number of unbranched alkanes of at least 4 members (excludes halogenated alkanes) is 40. The van der Waals surface area contributed by atoms with Gasteiger partial charge in [-0.05, 0) is 38.5 Å². The number of nitrogens with zero attached hydrogens (tertiary/aromatic N) is 1. The third-order valence-electron chi connectivity index (χ3n) is 13.8. The Balaban J connectivity index is 3.95. The van der Waals surface area contributed by atoms with Crippen LogP contribution in [-0.4, -0.2) is 82.3 Å².